The van der Waals surface area contributed by atoms with Crippen LogP contribution in [0.2, 0.25) is 0 Å². The summed E-state index contributed by atoms with van der Waals surface area (Å²) in [6, 6.07) is 4.40. The Morgan fingerprint density at radius 2 is 1.50 bits per heavy atom. The number of nitrogens with zero attached hydrogens (tertiary/aromatic N) is 1. The molecule has 78 valence electrons. The van der Waals surface area contributed by atoms with Gasteiger partial charge in [0, 0.05) is 14.5 Å². The molecule has 3 heteroatoms. The van der Waals surface area contributed by atoms with Crippen LogP contribution in [0.4, 0.5) is 0 Å². The minimum atomic E-state index is 0.946. The molecule has 0 unspecified atom stereocenters. The Bertz CT molecular complexity index is 317. The summed E-state index contributed by atoms with van der Waals surface area (Å²) in [7, 11) is 6.59. The van der Waals surface area contributed by atoms with Crippen molar-refractivity contribution in [3.8, 4) is 0 Å². The van der Waals surface area contributed by atoms with Crippen LogP contribution in [0.3, 0.4) is 0 Å². The van der Waals surface area contributed by atoms with E-state index < -0.39 is 0 Å². The van der Waals surface area contributed by atoms with Gasteiger partial charge < -0.3 is 4.48 Å². The first kappa shape index (κ1) is 12.2. The van der Waals surface area contributed by atoms with Crippen LogP contribution in [-0.4, -0.2) is 25.6 Å². The van der Waals surface area contributed by atoms with Gasteiger partial charge in [-0.1, -0.05) is 31.9 Å². The van der Waals surface area contributed by atoms with Crippen LogP contribution in [0.25, 0.3) is 0 Å². The molecule has 0 saturated heterocycles. The van der Waals surface area contributed by atoms with Crippen LogP contribution in [0.15, 0.2) is 21.1 Å². The Kier molecular flexibility index (Phi) is 3.78. The number of rotatable bonds is 2. The summed E-state index contributed by atoms with van der Waals surface area (Å²) in [6.07, 6.45) is 0. The molecular formula is C11H16Br2N+. The third-order valence-corrected chi connectivity index (χ3v) is 3.64. The topological polar surface area (TPSA) is 0 Å². The highest BCUT2D eigenvalue weighted by Crippen LogP contribution is 2.27. The largest absolute Gasteiger partial charge is 0.327 e. The molecule has 1 aromatic carbocycles. The van der Waals surface area contributed by atoms with Crippen molar-refractivity contribution in [1.82, 2.24) is 0 Å². The Morgan fingerprint density at radius 3 is 1.86 bits per heavy atom. The molecule has 0 aliphatic heterocycles. The molecule has 0 amide bonds. The summed E-state index contributed by atoms with van der Waals surface area (Å²) in [5, 5.41) is 0. The lowest BCUT2D eigenvalue weighted by Gasteiger charge is -2.24. The minimum absolute atomic E-state index is 0.946. The number of hydrogen-bond donors (Lipinski definition) is 0. The molecule has 14 heavy (non-hydrogen) atoms. The van der Waals surface area contributed by atoms with Gasteiger partial charge in [0.05, 0.1) is 21.1 Å². The molecule has 0 aromatic heterocycles. The first-order valence-corrected chi connectivity index (χ1v) is 6.13. The second-order valence-corrected chi connectivity index (χ2v) is 6.34. The summed E-state index contributed by atoms with van der Waals surface area (Å²) in [4.78, 5) is 0. The van der Waals surface area contributed by atoms with Crippen LogP contribution in [0.5, 0.6) is 0 Å². The van der Waals surface area contributed by atoms with Crippen LogP contribution in [0, 0.1) is 6.92 Å². The van der Waals surface area contributed by atoms with Gasteiger partial charge in [0.2, 0.25) is 0 Å². The van der Waals surface area contributed by atoms with Gasteiger partial charge in [-0.05, 0) is 24.6 Å². The maximum absolute atomic E-state index is 3.57. The molecule has 0 spiro atoms. The zero-order valence-electron chi connectivity index (χ0n) is 9.06. The predicted octanol–water partition coefficient (Wildman–Crippen LogP) is 3.73. The molecule has 0 aliphatic carbocycles. The normalized spacial score (nSPS) is 11.9. The lowest BCUT2D eigenvalue weighted by Crippen LogP contribution is -2.33. The number of quaternary nitrogens is 1. The standard InChI is InChI=1S/C11H16Br2N/c1-8-10(12)5-9(6-11(8)13)7-14(2,3)4/h5-6H,7H2,1-4H3/q+1. The molecule has 1 rings (SSSR count). The van der Waals surface area contributed by atoms with Crippen LogP contribution < -0.4 is 0 Å². The molecule has 0 saturated carbocycles. The van der Waals surface area contributed by atoms with Crippen molar-refractivity contribution in [3.05, 3.63) is 32.2 Å². The van der Waals surface area contributed by atoms with E-state index in [2.05, 4.69) is 72.1 Å². The van der Waals surface area contributed by atoms with Gasteiger partial charge in [0.1, 0.15) is 6.54 Å². The molecule has 0 fully saturated rings. The second kappa shape index (κ2) is 4.33. The van der Waals surface area contributed by atoms with E-state index in [0.717, 1.165) is 11.0 Å². The second-order valence-electron chi connectivity index (χ2n) is 4.63. The van der Waals surface area contributed by atoms with Crippen molar-refractivity contribution >= 4 is 31.9 Å². The van der Waals surface area contributed by atoms with Gasteiger partial charge in [0.25, 0.3) is 0 Å². The predicted molar refractivity (Wildman–Crippen MR) is 68.3 cm³/mol. The molecule has 0 aliphatic rings. The summed E-state index contributed by atoms with van der Waals surface area (Å²) in [5.41, 5.74) is 2.61. The molecule has 1 aromatic rings. The van der Waals surface area contributed by atoms with E-state index >= 15 is 0 Å². The van der Waals surface area contributed by atoms with Crippen LogP contribution in [-0.2, 0) is 6.54 Å². The maximum atomic E-state index is 3.57. The van der Waals surface area contributed by atoms with Crippen LogP contribution >= 0.6 is 31.9 Å². The van der Waals surface area contributed by atoms with Gasteiger partial charge in [-0.2, -0.15) is 0 Å². The Morgan fingerprint density at radius 1 is 1.07 bits per heavy atom. The molecule has 0 heterocycles. The monoisotopic (exact) mass is 320 g/mol. The first-order valence-electron chi connectivity index (χ1n) is 4.54. The average Bonchev–Trinajstić information content (AvgIpc) is 1.96. The highest BCUT2D eigenvalue weighted by atomic mass is 79.9. The van der Waals surface area contributed by atoms with Crippen molar-refractivity contribution < 1.29 is 4.48 Å². The lowest BCUT2D eigenvalue weighted by molar-refractivity contribution is -0.884. The maximum Gasteiger partial charge on any atom is 0.104 e. The quantitative estimate of drug-likeness (QED) is 0.728. The fourth-order valence-electron chi connectivity index (χ4n) is 1.34. The van der Waals surface area contributed by atoms with E-state index in [9.17, 15) is 0 Å². The number of hydrogen-bond acceptors (Lipinski definition) is 0. The van der Waals surface area contributed by atoms with E-state index in [-0.39, 0.29) is 0 Å². The Hall–Kier alpha value is 0.140. The van der Waals surface area contributed by atoms with E-state index in [0.29, 0.717) is 0 Å². The smallest absolute Gasteiger partial charge is 0.104 e. The van der Waals surface area contributed by atoms with E-state index in [1.807, 2.05) is 0 Å². The highest BCUT2D eigenvalue weighted by molar-refractivity contribution is 9.11. The zero-order valence-corrected chi connectivity index (χ0v) is 12.2. The fourth-order valence-corrected chi connectivity index (χ4v) is 2.62. The Balaban J connectivity index is 3.02. The highest BCUT2D eigenvalue weighted by Gasteiger charge is 2.11. The number of halogens is 2. The van der Waals surface area contributed by atoms with Crippen molar-refractivity contribution in [1.29, 1.82) is 0 Å². The van der Waals surface area contributed by atoms with Gasteiger partial charge in [-0.3, -0.25) is 0 Å². The van der Waals surface area contributed by atoms with Gasteiger partial charge >= 0.3 is 0 Å². The van der Waals surface area contributed by atoms with E-state index in [4.69, 9.17) is 0 Å². The van der Waals surface area contributed by atoms with Crippen molar-refractivity contribution in [2.75, 3.05) is 21.1 Å². The molecule has 0 atom stereocenters. The van der Waals surface area contributed by atoms with Crippen molar-refractivity contribution in [3.63, 3.8) is 0 Å². The molecule has 0 radical (unpaired) electrons. The SMILES string of the molecule is Cc1c(Br)cc(C[N+](C)(C)C)cc1Br. The molecule has 0 N–H and O–H groups in total. The lowest BCUT2D eigenvalue weighted by atomic mass is 10.1. The summed E-state index contributed by atoms with van der Waals surface area (Å²) >= 11 is 7.13. The van der Waals surface area contributed by atoms with Crippen LogP contribution in [0.1, 0.15) is 11.1 Å². The fraction of sp³-hybridized carbons (Fsp3) is 0.455. The molecule has 1 nitrogen and oxygen atoms in total. The molecule has 0 bridgehead atoms. The average molecular weight is 322 g/mol. The van der Waals surface area contributed by atoms with Crippen molar-refractivity contribution in [2.45, 2.75) is 13.5 Å². The molecular weight excluding hydrogens is 306 g/mol. The number of benzene rings is 1. The van der Waals surface area contributed by atoms with Gasteiger partial charge in [-0.15, -0.1) is 0 Å². The Labute approximate surface area is 103 Å². The summed E-state index contributed by atoms with van der Waals surface area (Å²) in [5.74, 6) is 0. The third-order valence-electron chi connectivity index (χ3n) is 2.00. The van der Waals surface area contributed by atoms with E-state index in [1.165, 1.54) is 20.1 Å². The zero-order chi connectivity index (χ0) is 10.9. The van der Waals surface area contributed by atoms with Gasteiger partial charge in [-0.25, -0.2) is 0 Å². The van der Waals surface area contributed by atoms with Crippen molar-refractivity contribution in [2.24, 2.45) is 0 Å². The summed E-state index contributed by atoms with van der Waals surface area (Å²) in [6.45, 7) is 3.14. The van der Waals surface area contributed by atoms with Gasteiger partial charge in [0.15, 0.2) is 0 Å². The minimum Gasteiger partial charge on any atom is -0.327 e. The first-order chi connectivity index (χ1) is 6.29. The summed E-state index contributed by atoms with van der Waals surface area (Å²) < 4.78 is 3.30. The van der Waals surface area contributed by atoms with E-state index in [1.54, 1.807) is 0 Å². The third kappa shape index (κ3) is 3.37.